The largest absolute Gasteiger partial charge is 0.372 e. The van der Waals surface area contributed by atoms with Crippen LogP contribution in [0, 0.1) is 0 Å². The fourth-order valence-corrected chi connectivity index (χ4v) is 1.75. The Hall–Kier alpha value is -0.870. The summed E-state index contributed by atoms with van der Waals surface area (Å²) < 4.78 is 5.04. The predicted molar refractivity (Wildman–Crippen MR) is 73.7 cm³/mol. The third kappa shape index (κ3) is 5.84. The zero-order valence-electron chi connectivity index (χ0n) is 10.0. The van der Waals surface area contributed by atoms with Crippen LogP contribution in [-0.4, -0.2) is 24.5 Å². The van der Waals surface area contributed by atoms with E-state index in [-0.39, 0.29) is 12.5 Å². The van der Waals surface area contributed by atoms with Crippen LogP contribution in [0.3, 0.4) is 0 Å². The molecule has 0 spiro atoms. The van der Waals surface area contributed by atoms with E-state index < -0.39 is 0 Å². The summed E-state index contributed by atoms with van der Waals surface area (Å²) in [5.41, 5.74) is 2.07. The quantitative estimate of drug-likeness (QED) is 0.786. The van der Waals surface area contributed by atoms with Crippen molar-refractivity contribution in [3.63, 3.8) is 0 Å². The second-order valence-electron chi connectivity index (χ2n) is 3.68. The average molecular weight is 300 g/mol. The molecular formula is C13H18BrNO2. The summed E-state index contributed by atoms with van der Waals surface area (Å²) >= 11 is 3.41. The van der Waals surface area contributed by atoms with Crippen molar-refractivity contribution in [2.75, 3.05) is 23.9 Å². The molecule has 1 N–H and O–H groups in total. The smallest absolute Gasteiger partial charge is 0.250 e. The number of anilines is 1. The van der Waals surface area contributed by atoms with Crippen LogP contribution in [-0.2, 0) is 16.0 Å². The van der Waals surface area contributed by atoms with Gasteiger partial charge < -0.3 is 10.1 Å². The van der Waals surface area contributed by atoms with Gasteiger partial charge in [0.1, 0.15) is 6.61 Å². The van der Waals surface area contributed by atoms with Gasteiger partial charge in [-0.25, -0.2) is 0 Å². The molecule has 17 heavy (non-hydrogen) atoms. The molecule has 0 aromatic heterocycles. The lowest BCUT2D eigenvalue weighted by atomic mass is 10.1. The van der Waals surface area contributed by atoms with Crippen molar-refractivity contribution in [1.29, 1.82) is 0 Å². The number of carbonyl (C=O) groups is 1. The highest BCUT2D eigenvalue weighted by atomic mass is 79.9. The van der Waals surface area contributed by atoms with Crippen molar-refractivity contribution in [3.8, 4) is 0 Å². The minimum absolute atomic E-state index is 0.107. The first-order valence-electron chi connectivity index (χ1n) is 5.78. The van der Waals surface area contributed by atoms with E-state index >= 15 is 0 Å². The number of amides is 1. The fraction of sp³-hybridized carbons (Fsp3) is 0.462. The van der Waals surface area contributed by atoms with Crippen LogP contribution in [0.5, 0.6) is 0 Å². The number of hydrogen-bond donors (Lipinski definition) is 1. The van der Waals surface area contributed by atoms with Crippen molar-refractivity contribution in [2.24, 2.45) is 0 Å². The maximum absolute atomic E-state index is 11.5. The molecule has 0 unspecified atom stereocenters. The maximum Gasteiger partial charge on any atom is 0.250 e. The number of hydrogen-bond acceptors (Lipinski definition) is 2. The van der Waals surface area contributed by atoms with Crippen LogP contribution in [0.25, 0.3) is 0 Å². The van der Waals surface area contributed by atoms with Crippen LogP contribution in [0.15, 0.2) is 24.3 Å². The second-order valence-corrected chi connectivity index (χ2v) is 4.47. The average Bonchev–Trinajstić information content (AvgIpc) is 2.34. The molecule has 0 aliphatic rings. The van der Waals surface area contributed by atoms with Gasteiger partial charge in [-0.2, -0.15) is 0 Å². The van der Waals surface area contributed by atoms with Gasteiger partial charge in [0, 0.05) is 17.6 Å². The van der Waals surface area contributed by atoms with Crippen LogP contribution in [0.1, 0.15) is 18.9 Å². The summed E-state index contributed by atoms with van der Waals surface area (Å²) in [7, 11) is 0. The first-order chi connectivity index (χ1) is 8.26. The molecule has 4 heteroatoms. The molecule has 0 saturated heterocycles. The first kappa shape index (κ1) is 14.2. The Morgan fingerprint density at radius 3 is 3.00 bits per heavy atom. The molecule has 0 aliphatic carbocycles. The summed E-state index contributed by atoms with van der Waals surface area (Å²) in [6.45, 7) is 2.54. The van der Waals surface area contributed by atoms with Crippen molar-refractivity contribution in [1.82, 2.24) is 0 Å². The first-order valence-corrected chi connectivity index (χ1v) is 6.91. The molecule has 1 rings (SSSR count). The number of nitrogens with one attached hydrogen (secondary N) is 1. The second kappa shape index (κ2) is 8.25. The maximum atomic E-state index is 11.5. The van der Waals surface area contributed by atoms with Gasteiger partial charge in [-0.15, -0.1) is 0 Å². The van der Waals surface area contributed by atoms with E-state index in [1.807, 2.05) is 25.1 Å². The Morgan fingerprint density at radius 2 is 2.29 bits per heavy atom. The van der Waals surface area contributed by atoms with E-state index in [2.05, 4.69) is 27.3 Å². The minimum Gasteiger partial charge on any atom is -0.372 e. The number of alkyl halides is 1. The highest BCUT2D eigenvalue weighted by molar-refractivity contribution is 9.09. The molecule has 0 atom stereocenters. The molecule has 1 aromatic rings. The molecule has 0 saturated carbocycles. The molecule has 0 fully saturated rings. The van der Waals surface area contributed by atoms with E-state index in [0.29, 0.717) is 6.61 Å². The predicted octanol–water partition coefficient (Wildman–Crippen LogP) is 2.99. The van der Waals surface area contributed by atoms with E-state index in [0.717, 1.165) is 23.9 Å². The molecule has 0 heterocycles. The molecule has 94 valence electrons. The van der Waals surface area contributed by atoms with Crippen molar-refractivity contribution >= 4 is 27.5 Å². The van der Waals surface area contributed by atoms with E-state index in [1.165, 1.54) is 5.56 Å². The third-order valence-corrected chi connectivity index (χ3v) is 2.81. The van der Waals surface area contributed by atoms with E-state index in [4.69, 9.17) is 4.74 Å². The number of rotatable bonds is 7. The highest BCUT2D eigenvalue weighted by Crippen LogP contribution is 2.12. The van der Waals surface area contributed by atoms with Crippen molar-refractivity contribution < 1.29 is 9.53 Å². The van der Waals surface area contributed by atoms with Crippen LogP contribution in [0.2, 0.25) is 0 Å². The fourth-order valence-electron chi connectivity index (χ4n) is 1.47. The summed E-state index contributed by atoms with van der Waals surface area (Å²) in [4.78, 5) is 11.5. The van der Waals surface area contributed by atoms with Crippen LogP contribution in [0.4, 0.5) is 5.69 Å². The van der Waals surface area contributed by atoms with E-state index in [1.54, 1.807) is 0 Å². The Morgan fingerprint density at radius 1 is 1.47 bits per heavy atom. The standard InChI is InChI=1S/C13H18BrNO2/c1-2-17-10-13(16)15-12-7-3-5-11(9-12)6-4-8-14/h3,5,7,9H,2,4,6,8,10H2,1H3,(H,15,16). The lowest BCUT2D eigenvalue weighted by Crippen LogP contribution is -2.18. The number of ether oxygens (including phenoxy) is 1. The summed E-state index contributed by atoms with van der Waals surface area (Å²) in [6.07, 6.45) is 2.11. The van der Waals surface area contributed by atoms with Gasteiger partial charge in [0.05, 0.1) is 0 Å². The van der Waals surface area contributed by atoms with Crippen molar-refractivity contribution in [3.05, 3.63) is 29.8 Å². The van der Waals surface area contributed by atoms with Gasteiger partial charge in [0.15, 0.2) is 0 Å². The number of benzene rings is 1. The lowest BCUT2D eigenvalue weighted by Gasteiger charge is -2.07. The van der Waals surface area contributed by atoms with Crippen LogP contribution >= 0.6 is 15.9 Å². The van der Waals surface area contributed by atoms with E-state index in [9.17, 15) is 4.79 Å². The van der Waals surface area contributed by atoms with Gasteiger partial charge in [-0.3, -0.25) is 4.79 Å². The Labute approximate surface area is 111 Å². The molecule has 0 radical (unpaired) electrons. The Kier molecular flexibility index (Phi) is 6.89. The molecule has 3 nitrogen and oxygen atoms in total. The molecule has 0 bridgehead atoms. The van der Waals surface area contributed by atoms with Crippen LogP contribution < -0.4 is 5.32 Å². The normalized spacial score (nSPS) is 10.2. The summed E-state index contributed by atoms with van der Waals surface area (Å²) in [5, 5.41) is 3.81. The molecule has 0 aliphatic heterocycles. The zero-order chi connectivity index (χ0) is 12.5. The van der Waals surface area contributed by atoms with Gasteiger partial charge in [0.2, 0.25) is 5.91 Å². The highest BCUT2D eigenvalue weighted by Gasteiger charge is 2.02. The van der Waals surface area contributed by atoms with Gasteiger partial charge >= 0.3 is 0 Å². The topological polar surface area (TPSA) is 38.3 Å². The zero-order valence-corrected chi connectivity index (χ0v) is 11.6. The molecular weight excluding hydrogens is 282 g/mol. The lowest BCUT2D eigenvalue weighted by molar-refractivity contribution is -0.120. The molecule has 1 aromatic carbocycles. The number of aryl methyl sites for hydroxylation is 1. The SMILES string of the molecule is CCOCC(=O)Nc1cccc(CCCBr)c1. The van der Waals surface area contributed by atoms with Gasteiger partial charge in [-0.05, 0) is 37.5 Å². The summed E-state index contributed by atoms with van der Waals surface area (Å²) in [6, 6.07) is 7.93. The minimum atomic E-state index is -0.107. The van der Waals surface area contributed by atoms with Gasteiger partial charge in [-0.1, -0.05) is 28.1 Å². The van der Waals surface area contributed by atoms with Crippen molar-refractivity contribution in [2.45, 2.75) is 19.8 Å². The monoisotopic (exact) mass is 299 g/mol. The Balaban J connectivity index is 2.50. The summed E-state index contributed by atoms with van der Waals surface area (Å²) in [5.74, 6) is -0.107. The van der Waals surface area contributed by atoms with Gasteiger partial charge in [0.25, 0.3) is 0 Å². The third-order valence-electron chi connectivity index (χ3n) is 2.25. The number of carbonyl (C=O) groups excluding carboxylic acids is 1. The Bertz CT molecular complexity index is 355. The molecule has 1 amide bonds. The number of halogens is 1.